The summed E-state index contributed by atoms with van der Waals surface area (Å²) in [5.74, 6) is 0.324. The number of nitrogens with zero attached hydrogens (tertiary/aromatic N) is 3. The summed E-state index contributed by atoms with van der Waals surface area (Å²) in [7, 11) is 3.60. The second-order valence-corrected chi connectivity index (χ2v) is 9.53. The average Bonchev–Trinajstić information content (AvgIpc) is 3.67. The highest BCUT2D eigenvalue weighted by Gasteiger charge is 2.36. The Hall–Kier alpha value is -3.34. The van der Waals surface area contributed by atoms with Gasteiger partial charge >= 0.3 is 6.18 Å². The maximum atomic E-state index is 14.9. The van der Waals surface area contributed by atoms with Crippen LogP contribution in [0.1, 0.15) is 49.7 Å². The van der Waals surface area contributed by atoms with Crippen LogP contribution in [0.2, 0.25) is 0 Å². The molecular weight excluding hydrogens is 490 g/mol. The van der Waals surface area contributed by atoms with Crippen molar-refractivity contribution in [1.82, 2.24) is 14.9 Å². The minimum absolute atomic E-state index is 0.175. The molecule has 2 aromatic carbocycles. The number of aryl methyl sites for hydroxylation is 1. The van der Waals surface area contributed by atoms with Crippen LogP contribution in [0.25, 0.3) is 10.9 Å². The van der Waals surface area contributed by atoms with Gasteiger partial charge in [-0.1, -0.05) is 0 Å². The molecule has 11 heteroatoms. The zero-order valence-electron chi connectivity index (χ0n) is 21.4. The number of anilines is 2. The van der Waals surface area contributed by atoms with Gasteiger partial charge < -0.3 is 20.5 Å². The van der Waals surface area contributed by atoms with Gasteiger partial charge in [-0.2, -0.15) is 13.2 Å². The second-order valence-electron chi connectivity index (χ2n) is 9.53. The molecule has 1 aromatic heterocycles. The molecule has 3 N–H and O–H groups in total. The molecule has 2 atom stereocenters. The van der Waals surface area contributed by atoms with E-state index in [9.17, 15) is 17.6 Å². The molecule has 1 aliphatic rings. The SMILES string of the molecule is COc1cc2nc(C)nc(N[C@H](C)c3cc(N)cc(C(F)(F)F)c3F)c2cc1OC[C@H](C)N(C)C1CC1. The highest BCUT2D eigenvalue weighted by molar-refractivity contribution is 5.92. The highest BCUT2D eigenvalue weighted by Crippen LogP contribution is 2.38. The summed E-state index contributed by atoms with van der Waals surface area (Å²) in [6.07, 6.45) is -2.51. The van der Waals surface area contributed by atoms with E-state index in [1.165, 1.54) is 32.9 Å². The highest BCUT2D eigenvalue weighted by atomic mass is 19.4. The topological polar surface area (TPSA) is 85.5 Å². The first kappa shape index (κ1) is 26.7. The Morgan fingerprint density at radius 1 is 1.14 bits per heavy atom. The van der Waals surface area contributed by atoms with Crippen LogP contribution in [0.3, 0.4) is 0 Å². The zero-order valence-corrected chi connectivity index (χ0v) is 21.4. The minimum atomic E-state index is -4.88. The largest absolute Gasteiger partial charge is 0.493 e. The fourth-order valence-corrected chi connectivity index (χ4v) is 4.28. The van der Waals surface area contributed by atoms with Gasteiger partial charge in [0.05, 0.1) is 24.2 Å². The Kier molecular flexibility index (Phi) is 7.36. The van der Waals surface area contributed by atoms with E-state index in [4.69, 9.17) is 15.2 Å². The number of likely N-dealkylation sites (N-methyl/N-ethyl adjacent to an activating group) is 1. The first-order chi connectivity index (χ1) is 17.4. The first-order valence-corrected chi connectivity index (χ1v) is 12.0. The van der Waals surface area contributed by atoms with Crippen LogP contribution in [0.15, 0.2) is 24.3 Å². The van der Waals surface area contributed by atoms with Crippen molar-refractivity contribution < 1.29 is 27.0 Å². The summed E-state index contributed by atoms with van der Waals surface area (Å²) < 4.78 is 66.5. The number of rotatable bonds is 9. The zero-order chi connectivity index (χ0) is 27.1. The van der Waals surface area contributed by atoms with Crippen molar-refractivity contribution in [1.29, 1.82) is 0 Å². The smallest absolute Gasteiger partial charge is 0.419 e. The molecule has 0 amide bonds. The van der Waals surface area contributed by atoms with Gasteiger partial charge in [0.15, 0.2) is 11.5 Å². The van der Waals surface area contributed by atoms with Crippen LogP contribution >= 0.6 is 0 Å². The van der Waals surface area contributed by atoms with Gasteiger partial charge in [-0.05, 0) is 58.9 Å². The maximum Gasteiger partial charge on any atom is 0.419 e. The summed E-state index contributed by atoms with van der Waals surface area (Å²) in [6, 6.07) is 5.09. The van der Waals surface area contributed by atoms with E-state index >= 15 is 0 Å². The van der Waals surface area contributed by atoms with Gasteiger partial charge in [-0.3, -0.25) is 4.90 Å². The number of benzene rings is 2. The molecule has 0 unspecified atom stereocenters. The number of fused-ring (bicyclic) bond motifs is 1. The number of hydrogen-bond donors (Lipinski definition) is 2. The van der Waals surface area contributed by atoms with Crippen molar-refractivity contribution in [3.8, 4) is 11.5 Å². The number of nitrogens with one attached hydrogen (secondary N) is 1. The molecule has 0 aliphatic heterocycles. The lowest BCUT2D eigenvalue weighted by Gasteiger charge is -2.25. The van der Waals surface area contributed by atoms with Crippen molar-refractivity contribution >= 4 is 22.4 Å². The number of nitrogen functional groups attached to an aromatic ring is 1. The molecule has 0 saturated heterocycles. The third kappa shape index (κ3) is 5.82. The lowest BCUT2D eigenvalue weighted by atomic mass is 10.0. The van der Waals surface area contributed by atoms with E-state index in [2.05, 4.69) is 34.2 Å². The standard InChI is InChI=1S/C26H31F4N5O2/c1-13(35(4)17-6-7-17)12-37-23-10-19-21(11-22(23)36-5)33-15(3)34-25(19)32-14(2)18-8-16(31)9-20(24(18)27)26(28,29)30/h8-11,13-14,17H,6-7,12,31H2,1-5H3,(H,32,33,34)/t13-,14+/m0/s1. The molecule has 1 heterocycles. The Morgan fingerprint density at radius 2 is 1.84 bits per heavy atom. The van der Waals surface area contributed by atoms with Gasteiger partial charge in [0.2, 0.25) is 0 Å². The molecule has 37 heavy (non-hydrogen) atoms. The predicted octanol–water partition coefficient (Wildman–Crippen LogP) is 5.72. The molecule has 200 valence electrons. The third-order valence-electron chi connectivity index (χ3n) is 6.64. The van der Waals surface area contributed by atoms with Gasteiger partial charge in [0.25, 0.3) is 0 Å². The average molecular weight is 522 g/mol. The number of ether oxygens (including phenoxy) is 2. The minimum Gasteiger partial charge on any atom is -0.493 e. The van der Waals surface area contributed by atoms with Crippen LogP contribution in [0, 0.1) is 12.7 Å². The van der Waals surface area contributed by atoms with Gasteiger partial charge in [-0.25, -0.2) is 14.4 Å². The van der Waals surface area contributed by atoms with E-state index in [1.807, 2.05) is 0 Å². The number of alkyl halides is 3. The Labute approximate surface area is 213 Å². The van der Waals surface area contributed by atoms with Gasteiger partial charge in [0.1, 0.15) is 24.1 Å². The van der Waals surface area contributed by atoms with Crippen LogP contribution < -0.4 is 20.5 Å². The van der Waals surface area contributed by atoms with E-state index < -0.39 is 23.6 Å². The summed E-state index contributed by atoms with van der Waals surface area (Å²) in [5, 5.41) is 3.59. The third-order valence-corrected chi connectivity index (χ3v) is 6.64. The number of aromatic nitrogens is 2. The Morgan fingerprint density at radius 3 is 2.46 bits per heavy atom. The molecule has 1 fully saturated rings. The fourth-order valence-electron chi connectivity index (χ4n) is 4.28. The number of nitrogens with two attached hydrogens (primary N) is 1. The van der Waals surface area contributed by atoms with Crippen LogP contribution in [-0.4, -0.2) is 47.7 Å². The van der Waals surface area contributed by atoms with Gasteiger partial charge in [0, 0.05) is 34.8 Å². The monoisotopic (exact) mass is 521 g/mol. The van der Waals surface area contributed by atoms with E-state index in [-0.39, 0.29) is 17.3 Å². The quantitative estimate of drug-likeness (QED) is 0.275. The number of hydrogen-bond acceptors (Lipinski definition) is 7. The molecule has 1 saturated carbocycles. The van der Waals surface area contributed by atoms with E-state index in [0.29, 0.717) is 52.8 Å². The van der Waals surface area contributed by atoms with Crippen LogP contribution in [0.4, 0.5) is 29.1 Å². The van der Waals surface area contributed by atoms with Crippen molar-refractivity contribution in [2.45, 2.75) is 57.9 Å². The molecule has 0 spiro atoms. The van der Waals surface area contributed by atoms with Gasteiger partial charge in [-0.15, -0.1) is 0 Å². The second kappa shape index (κ2) is 10.2. The molecule has 0 radical (unpaired) electrons. The van der Waals surface area contributed by atoms with Crippen LogP contribution in [0.5, 0.6) is 11.5 Å². The summed E-state index contributed by atoms with van der Waals surface area (Å²) in [6.45, 7) is 5.74. The Bertz CT molecular complexity index is 1300. The van der Waals surface area contributed by atoms with Crippen molar-refractivity contribution in [2.24, 2.45) is 0 Å². The molecule has 3 aromatic rings. The lowest BCUT2D eigenvalue weighted by molar-refractivity contribution is -0.140. The first-order valence-electron chi connectivity index (χ1n) is 12.0. The number of methoxy groups -OCH3 is 1. The molecule has 1 aliphatic carbocycles. The molecule has 4 rings (SSSR count). The summed E-state index contributed by atoms with van der Waals surface area (Å²) in [5.41, 5.74) is 4.39. The fraction of sp³-hybridized carbons (Fsp3) is 0.462. The molecular formula is C26H31F4N5O2. The predicted molar refractivity (Wildman–Crippen MR) is 134 cm³/mol. The maximum absolute atomic E-state index is 14.9. The summed E-state index contributed by atoms with van der Waals surface area (Å²) >= 11 is 0. The molecule has 7 nitrogen and oxygen atoms in total. The molecule has 0 bridgehead atoms. The van der Waals surface area contributed by atoms with E-state index in [1.54, 1.807) is 19.1 Å². The van der Waals surface area contributed by atoms with Crippen LogP contribution in [-0.2, 0) is 6.18 Å². The lowest BCUT2D eigenvalue weighted by Crippen LogP contribution is -2.35. The Balaban J connectivity index is 1.67. The van der Waals surface area contributed by atoms with Crippen molar-refractivity contribution in [3.05, 3.63) is 47.0 Å². The summed E-state index contributed by atoms with van der Waals surface area (Å²) in [4.78, 5) is 11.2. The van der Waals surface area contributed by atoms with E-state index in [0.717, 1.165) is 0 Å². The number of halogens is 4. The normalized spacial score (nSPS) is 15.6. The van der Waals surface area contributed by atoms with Crippen molar-refractivity contribution in [3.63, 3.8) is 0 Å². The van der Waals surface area contributed by atoms with Crippen molar-refractivity contribution in [2.75, 3.05) is 31.8 Å².